The van der Waals surface area contributed by atoms with Gasteiger partial charge in [0.15, 0.2) is 5.16 Å². The number of aryl methyl sites for hydroxylation is 3. The quantitative estimate of drug-likeness (QED) is 0.577. The Labute approximate surface area is 158 Å². The van der Waals surface area contributed by atoms with Gasteiger partial charge in [-0.25, -0.2) is 9.97 Å². The van der Waals surface area contributed by atoms with E-state index in [1.165, 1.54) is 11.8 Å². The van der Waals surface area contributed by atoms with Crippen molar-refractivity contribution in [3.05, 3.63) is 46.8 Å². The van der Waals surface area contributed by atoms with Crippen molar-refractivity contribution < 1.29 is 9.59 Å². The van der Waals surface area contributed by atoms with Crippen molar-refractivity contribution in [3.8, 4) is 0 Å². The van der Waals surface area contributed by atoms with E-state index in [4.69, 9.17) is 0 Å². The smallest absolute Gasteiger partial charge is 0.243 e. The summed E-state index contributed by atoms with van der Waals surface area (Å²) in [6.07, 6.45) is 0.828. The summed E-state index contributed by atoms with van der Waals surface area (Å²) in [6.45, 7) is 7.78. The Bertz CT molecular complexity index is 785. The van der Waals surface area contributed by atoms with Gasteiger partial charge in [-0.3, -0.25) is 9.59 Å². The normalized spacial score (nSPS) is 10.5. The van der Waals surface area contributed by atoms with Gasteiger partial charge in [-0.05, 0) is 44.4 Å². The van der Waals surface area contributed by atoms with Crippen molar-refractivity contribution in [2.24, 2.45) is 0 Å². The van der Waals surface area contributed by atoms with Crippen LogP contribution >= 0.6 is 11.8 Å². The average Bonchev–Trinajstić information content (AvgIpc) is 2.63. The van der Waals surface area contributed by atoms with Gasteiger partial charge >= 0.3 is 0 Å². The predicted molar refractivity (Wildman–Crippen MR) is 104 cm³/mol. The summed E-state index contributed by atoms with van der Waals surface area (Å²) in [4.78, 5) is 32.7. The highest BCUT2D eigenvalue weighted by atomic mass is 32.2. The van der Waals surface area contributed by atoms with Crippen molar-refractivity contribution in [2.75, 3.05) is 17.6 Å². The van der Waals surface area contributed by atoms with Gasteiger partial charge in [0.2, 0.25) is 11.8 Å². The molecular formula is C19H24N4O2S. The van der Waals surface area contributed by atoms with Gasteiger partial charge in [0, 0.05) is 17.1 Å². The highest BCUT2D eigenvalue weighted by Gasteiger charge is 2.10. The summed E-state index contributed by atoms with van der Waals surface area (Å²) in [5, 5.41) is 6.02. The third-order valence-electron chi connectivity index (χ3n) is 4.06. The number of thioether (sulfide) groups is 1. The van der Waals surface area contributed by atoms with Crippen molar-refractivity contribution in [2.45, 2.75) is 39.3 Å². The van der Waals surface area contributed by atoms with Gasteiger partial charge in [0.05, 0.1) is 12.3 Å². The Morgan fingerprint density at radius 2 is 1.69 bits per heavy atom. The lowest BCUT2D eigenvalue weighted by atomic mass is 10.1. The van der Waals surface area contributed by atoms with Crippen molar-refractivity contribution >= 4 is 29.3 Å². The number of benzene rings is 1. The van der Waals surface area contributed by atoms with Crippen LogP contribution in [0.2, 0.25) is 0 Å². The van der Waals surface area contributed by atoms with Crippen LogP contribution < -0.4 is 10.6 Å². The Kier molecular flexibility index (Phi) is 7.15. The van der Waals surface area contributed by atoms with E-state index in [1.54, 1.807) is 0 Å². The highest BCUT2D eigenvalue weighted by molar-refractivity contribution is 7.99. The van der Waals surface area contributed by atoms with Crippen LogP contribution in [0.25, 0.3) is 0 Å². The van der Waals surface area contributed by atoms with E-state index in [0.717, 1.165) is 34.6 Å². The second-order valence-corrected chi connectivity index (χ2v) is 6.87. The first kappa shape index (κ1) is 19.9. The third kappa shape index (κ3) is 5.56. The minimum atomic E-state index is -0.248. The van der Waals surface area contributed by atoms with Crippen LogP contribution in [0, 0.1) is 20.8 Å². The maximum Gasteiger partial charge on any atom is 0.243 e. The molecule has 0 spiro atoms. The van der Waals surface area contributed by atoms with Crippen LogP contribution in [-0.4, -0.2) is 34.1 Å². The molecule has 0 aliphatic heterocycles. The fourth-order valence-electron chi connectivity index (χ4n) is 2.31. The highest BCUT2D eigenvalue weighted by Crippen LogP contribution is 2.17. The molecular weight excluding hydrogens is 348 g/mol. The fraction of sp³-hybridized carbons (Fsp3) is 0.368. The van der Waals surface area contributed by atoms with E-state index < -0.39 is 0 Å². The monoisotopic (exact) mass is 372 g/mol. The molecule has 1 aromatic carbocycles. The third-order valence-corrected chi connectivity index (χ3v) is 4.91. The minimum Gasteiger partial charge on any atom is -0.346 e. The fourth-order valence-corrected chi connectivity index (χ4v) is 3.08. The van der Waals surface area contributed by atoms with E-state index in [9.17, 15) is 9.59 Å². The van der Waals surface area contributed by atoms with Crippen LogP contribution in [0.1, 0.15) is 29.4 Å². The average molecular weight is 372 g/mol. The Hall–Kier alpha value is -2.41. The lowest BCUT2D eigenvalue weighted by molar-refractivity contribution is -0.122. The molecule has 0 radical (unpaired) electrons. The molecule has 0 saturated heterocycles. The largest absolute Gasteiger partial charge is 0.346 e. The molecule has 0 aliphatic carbocycles. The lowest BCUT2D eigenvalue weighted by Crippen LogP contribution is -2.34. The molecule has 2 aromatic rings. The van der Waals surface area contributed by atoms with Crippen LogP contribution in [0.4, 0.5) is 5.69 Å². The molecule has 7 heteroatoms. The van der Waals surface area contributed by atoms with E-state index in [0.29, 0.717) is 5.16 Å². The van der Waals surface area contributed by atoms with Crippen LogP contribution in [0.5, 0.6) is 0 Å². The van der Waals surface area contributed by atoms with Gasteiger partial charge in [-0.1, -0.05) is 36.9 Å². The Morgan fingerprint density at radius 3 is 2.35 bits per heavy atom. The lowest BCUT2D eigenvalue weighted by Gasteiger charge is -2.10. The molecule has 6 nitrogen and oxygen atoms in total. The molecule has 0 bridgehead atoms. The van der Waals surface area contributed by atoms with Crippen LogP contribution in [0.15, 0.2) is 29.4 Å². The van der Waals surface area contributed by atoms with Crippen LogP contribution in [0.3, 0.4) is 0 Å². The van der Waals surface area contributed by atoms with E-state index in [-0.39, 0.29) is 24.1 Å². The summed E-state index contributed by atoms with van der Waals surface area (Å²) < 4.78 is 0. The first-order valence-electron chi connectivity index (χ1n) is 8.49. The van der Waals surface area contributed by atoms with Gasteiger partial charge in [0.1, 0.15) is 0 Å². The Morgan fingerprint density at radius 1 is 1.04 bits per heavy atom. The van der Waals surface area contributed by atoms with Gasteiger partial charge < -0.3 is 10.6 Å². The standard InChI is InChI=1S/C19H24N4O2S/c1-5-15-8-6-7-9-16(15)23-17(24)10-20-18(25)11-26-19-21-13(3)12(2)14(4)22-19/h6-9H,5,10-11H2,1-4H3,(H,20,25)(H,23,24). The number of hydrogen-bond acceptors (Lipinski definition) is 5. The second-order valence-electron chi connectivity index (χ2n) is 5.93. The first-order valence-corrected chi connectivity index (χ1v) is 9.48. The van der Waals surface area contributed by atoms with Crippen molar-refractivity contribution in [3.63, 3.8) is 0 Å². The number of para-hydroxylation sites is 1. The second kappa shape index (κ2) is 9.33. The molecule has 0 aliphatic rings. The molecule has 1 aromatic heterocycles. The predicted octanol–water partition coefficient (Wildman–Crippen LogP) is 2.81. The van der Waals surface area contributed by atoms with E-state index >= 15 is 0 Å². The number of aromatic nitrogens is 2. The number of hydrogen-bond donors (Lipinski definition) is 2. The summed E-state index contributed by atoms with van der Waals surface area (Å²) in [6, 6.07) is 7.63. The molecule has 2 amide bonds. The zero-order valence-corrected chi connectivity index (χ0v) is 16.4. The number of carbonyl (C=O) groups excluding carboxylic acids is 2. The van der Waals surface area contributed by atoms with Crippen molar-refractivity contribution in [1.82, 2.24) is 15.3 Å². The molecule has 0 unspecified atom stereocenters. The maximum atomic E-state index is 12.0. The number of rotatable bonds is 7. The topological polar surface area (TPSA) is 84.0 Å². The number of nitrogens with one attached hydrogen (secondary N) is 2. The Balaban J connectivity index is 1.80. The molecule has 26 heavy (non-hydrogen) atoms. The molecule has 2 rings (SSSR count). The summed E-state index contributed by atoms with van der Waals surface area (Å²) in [7, 11) is 0. The summed E-state index contributed by atoms with van der Waals surface area (Å²) >= 11 is 1.26. The minimum absolute atomic E-state index is 0.0652. The number of anilines is 1. The van der Waals surface area contributed by atoms with Crippen molar-refractivity contribution in [1.29, 1.82) is 0 Å². The van der Waals surface area contributed by atoms with Gasteiger partial charge in [0.25, 0.3) is 0 Å². The molecule has 0 atom stereocenters. The zero-order valence-electron chi connectivity index (χ0n) is 15.5. The molecule has 0 fully saturated rings. The molecule has 0 saturated carbocycles. The van der Waals surface area contributed by atoms with E-state index in [2.05, 4.69) is 20.6 Å². The number of amides is 2. The summed E-state index contributed by atoms with van der Waals surface area (Å²) in [5.74, 6) is -0.309. The van der Waals surface area contributed by atoms with Crippen LogP contribution in [-0.2, 0) is 16.0 Å². The SMILES string of the molecule is CCc1ccccc1NC(=O)CNC(=O)CSc1nc(C)c(C)c(C)n1. The van der Waals surface area contributed by atoms with E-state index in [1.807, 2.05) is 52.0 Å². The number of carbonyl (C=O) groups is 2. The molecule has 138 valence electrons. The van der Waals surface area contributed by atoms with Gasteiger partial charge in [-0.2, -0.15) is 0 Å². The first-order chi connectivity index (χ1) is 12.4. The summed E-state index contributed by atoms with van der Waals surface area (Å²) in [5.41, 5.74) is 4.72. The maximum absolute atomic E-state index is 12.0. The molecule has 2 N–H and O–H groups in total. The number of nitrogens with zero attached hydrogens (tertiary/aromatic N) is 2. The van der Waals surface area contributed by atoms with Gasteiger partial charge in [-0.15, -0.1) is 0 Å². The molecule has 1 heterocycles. The zero-order chi connectivity index (χ0) is 19.1.